The van der Waals surface area contributed by atoms with Crippen LogP contribution in [0.15, 0.2) is 267 Å². The minimum Gasteiger partial charge on any atom is -0.507 e. The SMILES string of the molecule is Oc1c(-c2ccccc2)cccc1-c1nc2c(-c3cc(Cc4ccccc4)cc(-c4cc(-c5ccccc5)ccn4)c3)cccc2n1-c1c(-c2ccccc2)cc(-c2ccccc2)cc1-c1ccccc1. The Balaban J connectivity index is 1.16. The third-order valence-corrected chi connectivity index (χ3v) is 13.4. The minimum absolute atomic E-state index is 0.164. The third-order valence-electron chi connectivity index (χ3n) is 13.4. The zero-order valence-electron chi connectivity index (χ0n) is 38.9. The van der Waals surface area contributed by atoms with Crippen molar-refractivity contribution in [3.63, 3.8) is 0 Å². The molecule has 2 heterocycles. The van der Waals surface area contributed by atoms with Crippen molar-refractivity contribution in [2.75, 3.05) is 0 Å². The van der Waals surface area contributed by atoms with Crippen molar-refractivity contribution < 1.29 is 5.11 Å². The quantitative estimate of drug-likeness (QED) is 0.141. The van der Waals surface area contributed by atoms with E-state index < -0.39 is 0 Å². The predicted molar refractivity (Wildman–Crippen MR) is 293 cm³/mol. The van der Waals surface area contributed by atoms with Crippen molar-refractivity contribution in [3.05, 3.63) is 278 Å². The zero-order valence-corrected chi connectivity index (χ0v) is 38.9. The first kappa shape index (κ1) is 42.9. The number of hydrogen-bond donors (Lipinski definition) is 1. The van der Waals surface area contributed by atoms with Crippen LogP contribution in [-0.4, -0.2) is 19.6 Å². The molecule has 0 unspecified atom stereocenters. The van der Waals surface area contributed by atoms with Crippen LogP contribution in [0, 0.1) is 0 Å². The highest BCUT2D eigenvalue weighted by Gasteiger charge is 2.26. The van der Waals surface area contributed by atoms with Crippen molar-refractivity contribution in [2.45, 2.75) is 6.42 Å². The molecule has 0 radical (unpaired) electrons. The second kappa shape index (κ2) is 19.0. The van der Waals surface area contributed by atoms with Crippen molar-refractivity contribution in [1.82, 2.24) is 14.5 Å². The van der Waals surface area contributed by atoms with Gasteiger partial charge in [-0.3, -0.25) is 9.55 Å². The monoisotopic (exact) mass is 909 g/mol. The molecule has 336 valence electrons. The molecular formula is C67H47N3O. The van der Waals surface area contributed by atoms with Gasteiger partial charge in [-0.15, -0.1) is 0 Å². The fourth-order valence-electron chi connectivity index (χ4n) is 9.99. The Morgan fingerprint density at radius 3 is 1.44 bits per heavy atom. The number of hydrogen-bond acceptors (Lipinski definition) is 3. The average Bonchev–Trinajstić information content (AvgIpc) is 3.83. The lowest BCUT2D eigenvalue weighted by Gasteiger charge is -2.22. The van der Waals surface area contributed by atoms with Crippen molar-refractivity contribution in [3.8, 4) is 101 Å². The largest absolute Gasteiger partial charge is 0.507 e. The predicted octanol–water partition coefficient (Wildman–Crippen LogP) is 17.1. The maximum atomic E-state index is 12.6. The molecule has 12 rings (SSSR count). The maximum Gasteiger partial charge on any atom is 0.149 e. The molecule has 0 aliphatic rings. The summed E-state index contributed by atoms with van der Waals surface area (Å²) < 4.78 is 2.29. The van der Waals surface area contributed by atoms with Gasteiger partial charge in [0.2, 0.25) is 0 Å². The van der Waals surface area contributed by atoms with E-state index in [-0.39, 0.29) is 5.75 Å². The Bertz CT molecular complexity index is 3760. The second-order valence-corrected chi connectivity index (χ2v) is 17.9. The van der Waals surface area contributed by atoms with Gasteiger partial charge in [0.05, 0.1) is 28.0 Å². The van der Waals surface area contributed by atoms with E-state index in [9.17, 15) is 5.11 Å². The van der Waals surface area contributed by atoms with Gasteiger partial charge in [-0.25, -0.2) is 4.98 Å². The molecule has 0 saturated carbocycles. The van der Waals surface area contributed by atoms with Crippen LogP contribution < -0.4 is 0 Å². The number of rotatable bonds is 11. The van der Waals surface area contributed by atoms with E-state index in [1.165, 1.54) is 5.56 Å². The van der Waals surface area contributed by atoms with Gasteiger partial charge in [0.15, 0.2) is 0 Å². The summed E-state index contributed by atoms with van der Waals surface area (Å²) in [6.07, 6.45) is 2.65. The van der Waals surface area contributed by atoms with Gasteiger partial charge in [-0.1, -0.05) is 212 Å². The van der Waals surface area contributed by atoms with Gasteiger partial charge >= 0.3 is 0 Å². The van der Waals surface area contributed by atoms with E-state index in [1.807, 2.05) is 60.8 Å². The number of para-hydroxylation sites is 2. The molecule has 10 aromatic carbocycles. The lowest BCUT2D eigenvalue weighted by atomic mass is 9.90. The molecule has 0 saturated heterocycles. The van der Waals surface area contributed by atoms with Gasteiger partial charge in [0.25, 0.3) is 0 Å². The highest BCUT2D eigenvalue weighted by molar-refractivity contribution is 6.01. The fraction of sp³-hybridized carbons (Fsp3) is 0.0149. The smallest absolute Gasteiger partial charge is 0.149 e. The number of aromatic nitrogens is 3. The Labute approximate surface area is 414 Å². The summed E-state index contributed by atoms with van der Waals surface area (Å²) in [4.78, 5) is 10.7. The highest BCUT2D eigenvalue weighted by atomic mass is 16.3. The van der Waals surface area contributed by atoms with Crippen molar-refractivity contribution in [1.29, 1.82) is 0 Å². The molecule has 12 aromatic rings. The van der Waals surface area contributed by atoms with Crippen molar-refractivity contribution >= 4 is 11.0 Å². The number of imidazole rings is 1. The molecular weight excluding hydrogens is 863 g/mol. The highest BCUT2D eigenvalue weighted by Crippen LogP contribution is 2.47. The number of aromatic hydroxyl groups is 1. The number of benzene rings is 10. The number of nitrogens with zero attached hydrogens (tertiary/aromatic N) is 3. The van der Waals surface area contributed by atoms with Crippen LogP contribution in [0.4, 0.5) is 0 Å². The summed E-state index contributed by atoms with van der Waals surface area (Å²) in [5, 5.41) is 12.6. The van der Waals surface area contributed by atoms with E-state index in [0.29, 0.717) is 11.4 Å². The molecule has 1 N–H and O–H groups in total. The number of phenols is 1. The third kappa shape index (κ3) is 8.49. The first-order valence-electron chi connectivity index (χ1n) is 24.1. The molecule has 2 aromatic heterocycles. The fourth-order valence-corrected chi connectivity index (χ4v) is 9.99. The average molecular weight is 910 g/mol. The van der Waals surface area contributed by atoms with E-state index >= 15 is 0 Å². The van der Waals surface area contributed by atoms with Crippen LogP contribution in [0.3, 0.4) is 0 Å². The molecule has 0 spiro atoms. The van der Waals surface area contributed by atoms with E-state index in [0.717, 1.165) is 107 Å². The zero-order chi connectivity index (χ0) is 47.5. The van der Waals surface area contributed by atoms with Crippen molar-refractivity contribution in [2.24, 2.45) is 0 Å². The van der Waals surface area contributed by atoms with Gasteiger partial charge in [0.1, 0.15) is 11.6 Å². The first-order valence-corrected chi connectivity index (χ1v) is 24.1. The lowest BCUT2D eigenvalue weighted by Crippen LogP contribution is -2.04. The Morgan fingerprint density at radius 2 is 0.831 bits per heavy atom. The van der Waals surface area contributed by atoms with Crippen LogP contribution in [-0.2, 0) is 6.42 Å². The normalized spacial score (nSPS) is 11.2. The summed E-state index contributed by atoms with van der Waals surface area (Å²) in [6, 6.07) is 91.2. The number of phenolic OH excluding ortho intramolecular Hbond substituents is 1. The number of fused-ring (bicyclic) bond motifs is 1. The van der Waals surface area contributed by atoms with E-state index in [2.05, 4.69) is 211 Å². The maximum absolute atomic E-state index is 12.6. The van der Waals surface area contributed by atoms with Gasteiger partial charge in [0, 0.05) is 34.0 Å². The second-order valence-electron chi connectivity index (χ2n) is 17.9. The van der Waals surface area contributed by atoms with Gasteiger partial charge in [-0.2, -0.15) is 0 Å². The van der Waals surface area contributed by atoms with E-state index in [1.54, 1.807) is 0 Å². The lowest BCUT2D eigenvalue weighted by molar-refractivity contribution is 0.479. The molecule has 0 aliphatic heterocycles. The summed E-state index contributed by atoms with van der Waals surface area (Å²) in [7, 11) is 0. The minimum atomic E-state index is 0.164. The van der Waals surface area contributed by atoms with Crippen LogP contribution in [0.5, 0.6) is 5.75 Å². The van der Waals surface area contributed by atoms with Crippen LogP contribution in [0.2, 0.25) is 0 Å². The summed E-state index contributed by atoms with van der Waals surface area (Å²) >= 11 is 0. The number of pyridine rings is 1. The molecule has 0 aliphatic carbocycles. The summed E-state index contributed by atoms with van der Waals surface area (Å²) in [6.45, 7) is 0. The van der Waals surface area contributed by atoms with Gasteiger partial charge < -0.3 is 5.11 Å². The van der Waals surface area contributed by atoms with Crippen LogP contribution in [0.1, 0.15) is 11.1 Å². The molecule has 4 heteroatoms. The molecule has 0 atom stereocenters. The van der Waals surface area contributed by atoms with Crippen LogP contribution in [0.25, 0.3) is 106 Å². The van der Waals surface area contributed by atoms with Crippen LogP contribution >= 0.6 is 0 Å². The Hall–Kier alpha value is -9.38. The Kier molecular flexibility index (Phi) is 11.5. The van der Waals surface area contributed by atoms with E-state index in [4.69, 9.17) is 9.97 Å². The standard InChI is InChI=1S/C67H47N3O/c71-66-58(50-27-13-4-14-28-50)34-19-35-59(66)67-69-64-57(55-40-47(39-46-21-7-1-8-22-46)41-56(42-55)62-45-53(37-38-68-62)48-23-9-2-10-24-48)33-20-36-63(64)70(67)65-60(51-29-15-5-16-30-51)43-54(49-25-11-3-12-26-49)44-61(65)52-31-17-6-18-32-52/h1-38,40-45,71H,39H2. The molecule has 0 fully saturated rings. The Morgan fingerprint density at radius 1 is 0.338 bits per heavy atom. The molecule has 71 heavy (non-hydrogen) atoms. The molecule has 0 amide bonds. The van der Waals surface area contributed by atoms with Gasteiger partial charge in [-0.05, 0) is 111 Å². The first-order chi connectivity index (χ1) is 35.1. The summed E-state index contributed by atoms with van der Waals surface area (Å²) in [5.74, 6) is 0.791. The molecule has 0 bridgehead atoms. The molecule has 4 nitrogen and oxygen atoms in total. The summed E-state index contributed by atoms with van der Waals surface area (Å²) in [5.41, 5.74) is 19.9. The topological polar surface area (TPSA) is 50.9 Å².